The molecule has 0 fully saturated rings. The summed E-state index contributed by atoms with van der Waals surface area (Å²) >= 11 is 0. The standard InChI is InChI=1S/C15H13FO3/c16-12-4-1-10(2-5-12)15(17)11-3-6-13-14(9-11)19-8-7-18-13/h1-6,9,15,17H,7-8H2. The average molecular weight is 260 g/mol. The summed E-state index contributed by atoms with van der Waals surface area (Å²) in [6, 6.07) is 11.1. The van der Waals surface area contributed by atoms with E-state index in [1.165, 1.54) is 12.1 Å². The third-order valence-electron chi connectivity index (χ3n) is 3.07. The molecule has 2 aromatic rings. The molecule has 1 aliphatic rings. The molecule has 3 rings (SSSR count). The fourth-order valence-corrected chi connectivity index (χ4v) is 2.07. The average Bonchev–Trinajstić information content (AvgIpc) is 2.47. The molecule has 1 unspecified atom stereocenters. The van der Waals surface area contributed by atoms with Crippen molar-refractivity contribution in [1.29, 1.82) is 0 Å². The van der Waals surface area contributed by atoms with E-state index in [2.05, 4.69) is 0 Å². The smallest absolute Gasteiger partial charge is 0.161 e. The van der Waals surface area contributed by atoms with E-state index >= 15 is 0 Å². The molecule has 1 N–H and O–H groups in total. The van der Waals surface area contributed by atoms with Crippen molar-refractivity contribution < 1.29 is 19.0 Å². The number of halogens is 1. The predicted octanol–water partition coefficient (Wildman–Crippen LogP) is 2.68. The van der Waals surface area contributed by atoms with Crippen molar-refractivity contribution in [2.75, 3.05) is 13.2 Å². The number of aliphatic hydroxyl groups is 1. The molecule has 0 saturated carbocycles. The van der Waals surface area contributed by atoms with E-state index in [-0.39, 0.29) is 5.82 Å². The zero-order valence-electron chi connectivity index (χ0n) is 10.2. The van der Waals surface area contributed by atoms with Crippen LogP contribution >= 0.6 is 0 Å². The van der Waals surface area contributed by atoms with Crippen molar-refractivity contribution >= 4 is 0 Å². The molecule has 0 spiro atoms. The molecule has 2 aromatic carbocycles. The Balaban J connectivity index is 1.91. The van der Waals surface area contributed by atoms with Gasteiger partial charge in [0.1, 0.15) is 25.1 Å². The largest absolute Gasteiger partial charge is 0.486 e. The van der Waals surface area contributed by atoms with Gasteiger partial charge >= 0.3 is 0 Å². The van der Waals surface area contributed by atoms with Gasteiger partial charge in [0, 0.05) is 0 Å². The third-order valence-corrected chi connectivity index (χ3v) is 3.07. The summed E-state index contributed by atoms with van der Waals surface area (Å²) in [5, 5.41) is 10.3. The van der Waals surface area contributed by atoms with Crippen molar-refractivity contribution in [3.8, 4) is 11.5 Å². The monoisotopic (exact) mass is 260 g/mol. The molecule has 19 heavy (non-hydrogen) atoms. The summed E-state index contributed by atoms with van der Waals surface area (Å²) in [7, 11) is 0. The van der Waals surface area contributed by atoms with Crippen molar-refractivity contribution in [3.05, 3.63) is 59.4 Å². The first kappa shape index (κ1) is 12.0. The summed E-state index contributed by atoms with van der Waals surface area (Å²) in [6.07, 6.45) is -0.809. The Hall–Kier alpha value is -2.07. The summed E-state index contributed by atoms with van der Waals surface area (Å²) in [5.41, 5.74) is 1.33. The highest BCUT2D eigenvalue weighted by atomic mass is 19.1. The molecule has 98 valence electrons. The van der Waals surface area contributed by atoms with Crippen LogP contribution in [-0.2, 0) is 0 Å². The van der Waals surface area contributed by atoms with Crippen LogP contribution in [0.25, 0.3) is 0 Å². The first-order chi connectivity index (χ1) is 9.24. The van der Waals surface area contributed by atoms with E-state index in [0.717, 1.165) is 0 Å². The van der Waals surface area contributed by atoms with E-state index in [9.17, 15) is 9.50 Å². The molecule has 1 atom stereocenters. The van der Waals surface area contributed by atoms with E-state index in [0.29, 0.717) is 35.8 Å². The molecule has 0 aliphatic carbocycles. The van der Waals surface area contributed by atoms with Crippen LogP contribution in [0.3, 0.4) is 0 Å². The normalized spacial score (nSPS) is 15.1. The Morgan fingerprint density at radius 2 is 1.53 bits per heavy atom. The van der Waals surface area contributed by atoms with Crippen LogP contribution in [0.1, 0.15) is 17.2 Å². The maximum atomic E-state index is 12.9. The van der Waals surface area contributed by atoms with E-state index < -0.39 is 6.10 Å². The highest BCUT2D eigenvalue weighted by Gasteiger charge is 2.16. The minimum Gasteiger partial charge on any atom is -0.486 e. The van der Waals surface area contributed by atoms with Crippen LogP contribution in [0.4, 0.5) is 4.39 Å². The maximum absolute atomic E-state index is 12.9. The van der Waals surface area contributed by atoms with Gasteiger partial charge < -0.3 is 14.6 Å². The molecule has 0 saturated heterocycles. The number of rotatable bonds is 2. The zero-order valence-corrected chi connectivity index (χ0v) is 10.2. The number of hydrogen-bond donors (Lipinski definition) is 1. The second-order valence-corrected chi connectivity index (χ2v) is 4.36. The van der Waals surface area contributed by atoms with Gasteiger partial charge in [-0.05, 0) is 35.4 Å². The lowest BCUT2D eigenvalue weighted by Gasteiger charge is -2.20. The van der Waals surface area contributed by atoms with Gasteiger partial charge in [-0.2, -0.15) is 0 Å². The topological polar surface area (TPSA) is 38.7 Å². The van der Waals surface area contributed by atoms with Crippen molar-refractivity contribution in [1.82, 2.24) is 0 Å². The van der Waals surface area contributed by atoms with Crippen LogP contribution < -0.4 is 9.47 Å². The van der Waals surface area contributed by atoms with Crippen LogP contribution in [0.2, 0.25) is 0 Å². The summed E-state index contributed by atoms with van der Waals surface area (Å²) in [4.78, 5) is 0. The minimum absolute atomic E-state index is 0.321. The van der Waals surface area contributed by atoms with E-state index in [1.807, 2.05) is 0 Å². The number of hydrogen-bond acceptors (Lipinski definition) is 3. The highest BCUT2D eigenvalue weighted by molar-refractivity contribution is 5.46. The lowest BCUT2D eigenvalue weighted by molar-refractivity contribution is 0.169. The van der Waals surface area contributed by atoms with Gasteiger partial charge in [-0.15, -0.1) is 0 Å². The van der Waals surface area contributed by atoms with Crippen molar-refractivity contribution in [2.24, 2.45) is 0 Å². The highest BCUT2D eigenvalue weighted by Crippen LogP contribution is 2.34. The fourth-order valence-electron chi connectivity index (χ4n) is 2.07. The summed E-state index contributed by atoms with van der Waals surface area (Å²) in [6.45, 7) is 1.04. The van der Waals surface area contributed by atoms with Crippen LogP contribution in [0.5, 0.6) is 11.5 Å². The van der Waals surface area contributed by atoms with Gasteiger partial charge in [-0.1, -0.05) is 18.2 Å². The Bertz CT molecular complexity index is 580. The number of ether oxygens (including phenoxy) is 2. The Kier molecular flexibility index (Phi) is 3.09. The predicted molar refractivity (Wildman–Crippen MR) is 67.9 cm³/mol. The second kappa shape index (κ2) is 4.90. The summed E-state index contributed by atoms with van der Waals surface area (Å²) < 4.78 is 23.8. The molecule has 1 aliphatic heterocycles. The lowest BCUT2D eigenvalue weighted by Crippen LogP contribution is -2.15. The van der Waals surface area contributed by atoms with Gasteiger partial charge in [0.25, 0.3) is 0 Å². The van der Waals surface area contributed by atoms with Gasteiger partial charge in [0.2, 0.25) is 0 Å². The van der Waals surface area contributed by atoms with Crippen LogP contribution in [0, 0.1) is 5.82 Å². The lowest BCUT2D eigenvalue weighted by atomic mass is 10.0. The SMILES string of the molecule is OC(c1ccc(F)cc1)c1ccc2c(c1)OCCO2. The van der Waals surface area contributed by atoms with Gasteiger partial charge in [-0.25, -0.2) is 4.39 Å². The molecule has 0 bridgehead atoms. The molecule has 1 heterocycles. The number of fused-ring (bicyclic) bond motifs is 1. The van der Waals surface area contributed by atoms with Crippen LogP contribution in [0.15, 0.2) is 42.5 Å². The minimum atomic E-state index is -0.809. The molecule has 0 aromatic heterocycles. The van der Waals surface area contributed by atoms with Crippen molar-refractivity contribution in [2.45, 2.75) is 6.10 Å². The molecule has 4 heteroatoms. The molecular formula is C15H13FO3. The molecule has 3 nitrogen and oxygen atoms in total. The van der Waals surface area contributed by atoms with Gasteiger partial charge in [-0.3, -0.25) is 0 Å². The Morgan fingerprint density at radius 1 is 0.895 bits per heavy atom. The fraction of sp³-hybridized carbons (Fsp3) is 0.200. The number of aliphatic hydroxyl groups excluding tert-OH is 1. The summed E-state index contributed by atoms with van der Waals surface area (Å²) in [5.74, 6) is 0.990. The first-order valence-electron chi connectivity index (χ1n) is 6.07. The second-order valence-electron chi connectivity index (χ2n) is 4.36. The van der Waals surface area contributed by atoms with Gasteiger partial charge in [0.15, 0.2) is 11.5 Å². The zero-order chi connectivity index (χ0) is 13.2. The quantitative estimate of drug-likeness (QED) is 0.902. The van der Waals surface area contributed by atoms with E-state index in [1.54, 1.807) is 30.3 Å². The molecular weight excluding hydrogens is 247 g/mol. The Labute approximate surface area is 110 Å². The third kappa shape index (κ3) is 2.39. The van der Waals surface area contributed by atoms with Gasteiger partial charge in [0.05, 0.1) is 0 Å². The first-order valence-corrected chi connectivity index (χ1v) is 6.07. The Morgan fingerprint density at radius 3 is 2.26 bits per heavy atom. The molecule has 0 amide bonds. The number of benzene rings is 2. The maximum Gasteiger partial charge on any atom is 0.161 e. The van der Waals surface area contributed by atoms with Crippen LogP contribution in [-0.4, -0.2) is 18.3 Å². The molecule has 0 radical (unpaired) electrons. The van der Waals surface area contributed by atoms with Crippen molar-refractivity contribution in [3.63, 3.8) is 0 Å². The van der Waals surface area contributed by atoms with E-state index in [4.69, 9.17) is 9.47 Å².